The first kappa shape index (κ1) is 15.7. The van der Waals surface area contributed by atoms with Crippen LogP contribution < -0.4 is 4.74 Å². The first-order chi connectivity index (χ1) is 10.7. The summed E-state index contributed by atoms with van der Waals surface area (Å²) in [4.78, 5) is 17.0. The molecule has 0 spiro atoms. The van der Waals surface area contributed by atoms with Crippen LogP contribution in [0, 0.1) is 0 Å². The Hall–Kier alpha value is -1.20. The van der Waals surface area contributed by atoms with Crippen molar-refractivity contribution >= 4 is 17.7 Å². The summed E-state index contributed by atoms with van der Waals surface area (Å²) in [5.41, 5.74) is 1.19. The molecule has 1 aromatic carbocycles. The Bertz CT molecular complexity index is 514. The number of likely N-dealkylation sites (tertiary alicyclic amines) is 1. The Morgan fingerprint density at radius 2 is 1.86 bits per heavy atom. The molecule has 5 heteroatoms. The maximum Gasteiger partial charge on any atom is 0.236 e. The Balaban J connectivity index is 1.70. The molecule has 0 N–H and O–H groups in total. The van der Waals surface area contributed by atoms with E-state index in [4.69, 9.17) is 4.74 Å². The number of thioether (sulfide) groups is 1. The largest absolute Gasteiger partial charge is 0.497 e. The fourth-order valence-corrected chi connectivity index (χ4v) is 4.49. The highest BCUT2D eigenvalue weighted by Gasteiger charge is 2.38. The predicted octanol–water partition coefficient (Wildman–Crippen LogP) is 2.75. The minimum atomic E-state index is 0.0469. The van der Waals surface area contributed by atoms with Gasteiger partial charge in [-0.2, -0.15) is 0 Å². The van der Waals surface area contributed by atoms with Gasteiger partial charge >= 0.3 is 0 Å². The quantitative estimate of drug-likeness (QED) is 0.835. The molecule has 0 saturated carbocycles. The molecule has 1 aromatic rings. The van der Waals surface area contributed by atoms with E-state index in [2.05, 4.69) is 21.9 Å². The van der Waals surface area contributed by atoms with Crippen molar-refractivity contribution in [3.05, 3.63) is 29.8 Å². The molecule has 2 saturated heterocycles. The van der Waals surface area contributed by atoms with Crippen molar-refractivity contribution in [2.45, 2.75) is 30.4 Å². The van der Waals surface area contributed by atoms with Crippen molar-refractivity contribution in [3.8, 4) is 5.75 Å². The van der Waals surface area contributed by atoms with Crippen LogP contribution in [0.5, 0.6) is 5.75 Å². The van der Waals surface area contributed by atoms with E-state index in [0.29, 0.717) is 0 Å². The highest BCUT2D eigenvalue weighted by atomic mass is 32.2. The Labute approximate surface area is 136 Å². The van der Waals surface area contributed by atoms with Crippen LogP contribution in [0.25, 0.3) is 0 Å². The standard InChI is InChI=1S/C17H24N2O2S/c1-13-16(20)19(12-11-18-9-3-4-10-18)17(22-13)14-5-7-15(21-2)8-6-14/h5-8,13,17H,3-4,9-12H2,1-2H3/t13-,17+/m0/s1. The Morgan fingerprint density at radius 1 is 1.18 bits per heavy atom. The van der Waals surface area contributed by atoms with Gasteiger partial charge in [0.25, 0.3) is 0 Å². The number of ether oxygens (including phenoxy) is 1. The molecule has 2 fully saturated rings. The van der Waals surface area contributed by atoms with Gasteiger partial charge < -0.3 is 14.5 Å². The fourth-order valence-electron chi connectivity index (χ4n) is 3.18. The smallest absolute Gasteiger partial charge is 0.236 e. The molecule has 0 unspecified atom stereocenters. The van der Waals surface area contributed by atoms with E-state index < -0.39 is 0 Å². The van der Waals surface area contributed by atoms with Crippen LogP contribution in [0.3, 0.4) is 0 Å². The fraction of sp³-hybridized carbons (Fsp3) is 0.588. The van der Waals surface area contributed by atoms with Gasteiger partial charge in [0, 0.05) is 13.1 Å². The van der Waals surface area contributed by atoms with E-state index in [1.54, 1.807) is 18.9 Å². The summed E-state index contributed by atoms with van der Waals surface area (Å²) >= 11 is 1.75. The second kappa shape index (κ2) is 6.92. The van der Waals surface area contributed by atoms with E-state index in [-0.39, 0.29) is 16.5 Å². The van der Waals surface area contributed by atoms with E-state index in [9.17, 15) is 4.79 Å². The lowest BCUT2D eigenvalue weighted by molar-refractivity contribution is -0.130. The number of hydrogen-bond donors (Lipinski definition) is 0. The van der Waals surface area contributed by atoms with Gasteiger partial charge in [0.1, 0.15) is 11.1 Å². The molecule has 22 heavy (non-hydrogen) atoms. The Kier molecular flexibility index (Phi) is 4.93. The third-order valence-corrected chi connectivity index (χ3v) is 5.90. The van der Waals surface area contributed by atoms with Crippen LogP contribution >= 0.6 is 11.8 Å². The number of benzene rings is 1. The molecule has 4 nitrogen and oxygen atoms in total. The van der Waals surface area contributed by atoms with E-state index in [0.717, 1.165) is 18.8 Å². The summed E-state index contributed by atoms with van der Waals surface area (Å²) in [5.74, 6) is 1.12. The number of nitrogens with zero attached hydrogens (tertiary/aromatic N) is 2. The maximum absolute atomic E-state index is 12.5. The van der Waals surface area contributed by atoms with Gasteiger partial charge in [-0.1, -0.05) is 12.1 Å². The average Bonchev–Trinajstić information content (AvgIpc) is 3.15. The molecule has 0 radical (unpaired) electrons. The summed E-state index contributed by atoms with van der Waals surface area (Å²) in [5, 5.41) is 0.182. The molecule has 1 amide bonds. The van der Waals surface area contributed by atoms with E-state index >= 15 is 0 Å². The summed E-state index contributed by atoms with van der Waals surface area (Å²) < 4.78 is 5.22. The number of carbonyl (C=O) groups excluding carboxylic acids is 1. The van der Waals surface area contributed by atoms with Crippen LogP contribution in [0.4, 0.5) is 0 Å². The van der Waals surface area contributed by atoms with Crippen molar-refractivity contribution in [1.82, 2.24) is 9.80 Å². The topological polar surface area (TPSA) is 32.8 Å². The lowest BCUT2D eigenvalue weighted by atomic mass is 10.2. The van der Waals surface area contributed by atoms with Gasteiger partial charge in [0.2, 0.25) is 5.91 Å². The van der Waals surface area contributed by atoms with Gasteiger partial charge in [-0.25, -0.2) is 0 Å². The highest BCUT2D eigenvalue weighted by molar-refractivity contribution is 8.01. The second-order valence-corrected chi connectivity index (χ2v) is 7.41. The van der Waals surface area contributed by atoms with Crippen molar-refractivity contribution in [1.29, 1.82) is 0 Å². The van der Waals surface area contributed by atoms with Crippen LogP contribution in [0.1, 0.15) is 30.7 Å². The van der Waals surface area contributed by atoms with Crippen molar-refractivity contribution < 1.29 is 9.53 Å². The zero-order chi connectivity index (χ0) is 15.5. The molecule has 2 aliphatic heterocycles. The molecular formula is C17H24N2O2S. The first-order valence-electron chi connectivity index (χ1n) is 8.01. The maximum atomic E-state index is 12.5. The Morgan fingerprint density at radius 3 is 2.50 bits per heavy atom. The normalized spacial score (nSPS) is 25.9. The molecule has 0 aliphatic carbocycles. The van der Waals surface area contributed by atoms with Crippen molar-refractivity contribution in [2.24, 2.45) is 0 Å². The van der Waals surface area contributed by atoms with E-state index in [1.165, 1.54) is 31.5 Å². The zero-order valence-electron chi connectivity index (χ0n) is 13.3. The summed E-state index contributed by atoms with van der Waals surface area (Å²) in [6.07, 6.45) is 2.59. The first-order valence-corrected chi connectivity index (χ1v) is 8.95. The zero-order valence-corrected chi connectivity index (χ0v) is 14.1. The van der Waals surface area contributed by atoms with Crippen LogP contribution in [0.15, 0.2) is 24.3 Å². The number of carbonyl (C=O) groups is 1. The molecule has 2 heterocycles. The molecule has 2 atom stereocenters. The average molecular weight is 320 g/mol. The van der Waals surface area contributed by atoms with Gasteiger partial charge in [0.15, 0.2) is 0 Å². The number of amides is 1. The molecule has 3 rings (SSSR count). The van der Waals surface area contributed by atoms with Crippen LogP contribution in [-0.4, -0.2) is 54.2 Å². The lowest BCUT2D eigenvalue weighted by Gasteiger charge is -2.26. The lowest BCUT2D eigenvalue weighted by Crippen LogP contribution is -2.37. The van der Waals surface area contributed by atoms with Crippen LogP contribution in [-0.2, 0) is 4.79 Å². The minimum Gasteiger partial charge on any atom is -0.497 e. The number of hydrogen-bond acceptors (Lipinski definition) is 4. The molecule has 0 aromatic heterocycles. The number of methoxy groups -OCH3 is 1. The SMILES string of the molecule is COc1ccc([C@H]2S[C@@H](C)C(=O)N2CCN2CCCC2)cc1. The second-order valence-electron chi connectivity index (χ2n) is 5.98. The predicted molar refractivity (Wildman–Crippen MR) is 90.2 cm³/mol. The van der Waals surface area contributed by atoms with Gasteiger partial charge in [0.05, 0.1) is 12.4 Å². The third kappa shape index (κ3) is 3.25. The molecular weight excluding hydrogens is 296 g/mol. The van der Waals surface area contributed by atoms with Crippen LogP contribution in [0.2, 0.25) is 0 Å². The molecule has 0 bridgehead atoms. The molecule has 120 valence electrons. The van der Waals surface area contributed by atoms with Gasteiger partial charge in [-0.15, -0.1) is 11.8 Å². The number of rotatable bonds is 5. The van der Waals surface area contributed by atoms with Crippen molar-refractivity contribution in [3.63, 3.8) is 0 Å². The highest BCUT2D eigenvalue weighted by Crippen LogP contribution is 2.43. The molecule has 2 aliphatic rings. The summed E-state index contributed by atoms with van der Waals surface area (Å²) in [6.45, 7) is 6.19. The van der Waals surface area contributed by atoms with Gasteiger partial charge in [-0.3, -0.25) is 4.79 Å². The van der Waals surface area contributed by atoms with E-state index in [1.807, 2.05) is 19.1 Å². The third-order valence-electron chi connectivity index (χ3n) is 4.50. The summed E-state index contributed by atoms with van der Waals surface area (Å²) in [6, 6.07) is 8.10. The monoisotopic (exact) mass is 320 g/mol. The minimum absolute atomic E-state index is 0.0469. The van der Waals surface area contributed by atoms with Crippen molar-refractivity contribution in [2.75, 3.05) is 33.3 Å². The van der Waals surface area contributed by atoms with Gasteiger partial charge in [-0.05, 0) is 50.6 Å². The summed E-state index contributed by atoms with van der Waals surface area (Å²) in [7, 11) is 1.67.